The number of hydrogen-bond donors (Lipinski definition) is 0. The highest BCUT2D eigenvalue weighted by atomic mass is 16.6. The topological polar surface area (TPSA) is 46.6 Å². The van der Waals surface area contributed by atoms with Crippen LogP contribution in [-0.2, 0) is 16.0 Å². The normalized spacial score (nSPS) is 18.7. The lowest BCUT2D eigenvalue weighted by molar-refractivity contribution is -0.131. The summed E-state index contributed by atoms with van der Waals surface area (Å²) in [5.41, 5.74) is 1.07. The Morgan fingerprint density at radius 1 is 1.29 bits per heavy atom. The van der Waals surface area contributed by atoms with Crippen LogP contribution in [0.3, 0.4) is 0 Å². The van der Waals surface area contributed by atoms with Crippen LogP contribution in [0.4, 0.5) is 4.79 Å². The fourth-order valence-corrected chi connectivity index (χ4v) is 2.50. The quantitative estimate of drug-likeness (QED) is 0.853. The predicted molar refractivity (Wildman–Crippen MR) is 80.8 cm³/mol. The van der Waals surface area contributed by atoms with Crippen LogP contribution in [0.25, 0.3) is 0 Å². The van der Waals surface area contributed by atoms with Crippen LogP contribution in [0, 0.1) is 5.41 Å². The number of amides is 2. The highest BCUT2D eigenvalue weighted by Gasteiger charge is 2.38. The van der Waals surface area contributed by atoms with Crippen molar-refractivity contribution < 1.29 is 14.3 Å². The first kappa shape index (κ1) is 15.5. The number of carbonyl (C=O) groups is 2. The average Bonchev–Trinajstić information content (AvgIpc) is 2.77. The maximum atomic E-state index is 12.3. The summed E-state index contributed by atoms with van der Waals surface area (Å²) in [6.07, 6.45) is 1.43. The summed E-state index contributed by atoms with van der Waals surface area (Å²) >= 11 is 0. The van der Waals surface area contributed by atoms with E-state index in [1.54, 1.807) is 0 Å². The van der Waals surface area contributed by atoms with Gasteiger partial charge in [0.1, 0.15) is 6.61 Å². The molecular formula is C17H23NO3. The van der Waals surface area contributed by atoms with Crippen molar-refractivity contribution in [2.75, 3.05) is 6.61 Å². The van der Waals surface area contributed by atoms with Crippen LogP contribution in [0.5, 0.6) is 0 Å². The van der Waals surface area contributed by atoms with Crippen LogP contribution in [0.1, 0.15) is 39.2 Å². The summed E-state index contributed by atoms with van der Waals surface area (Å²) < 4.78 is 5.07. The van der Waals surface area contributed by atoms with Crippen LogP contribution >= 0.6 is 0 Å². The zero-order chi connectivity index (χ0) is 15.5. The van der Waals surface area contributed by atoms with Gasteiger partial charge in [0.05, 0.1) is 6.04 Å². The van der Waals surface area contributed by atoms with Gasteiger partial charge in [-0.15, -0.1) is 0 Å². The van der Waals surface area contributed by atoms with Gasteiger partial charge in [0.15, 0.2) is 0 Å². The van der Waals surface area contributed by atoms with Gasteiger partial charge >= 0.3 is 6.09 Å². The molecule has 0 bridgehead atoms. The molecule has 2 rings (SSSR count). The maximum absolute atomic E-state index is 12.3. The van der Waals surface area contributed by atoms with Crippen molar-refractivity contribution in [2.45, 2.75) is 46.1 Å². The molecule has 0 aliphatic carbocycles. The molecule has 1 saturated heterocycles. The third-order valence-electron chi connectivity index (χ3n) is 3.52. The zero-order valence-corrected chi connectivity index (χ0v) is 13.0. The molecule has 1 atom stereocenters. The number of hydrogen-bond acceptors (Lipinski definition) is 3. The molecule has 1 aromatic carbocycles. The van der Waals surface area contributed by atoms with E-state index in [4.69, 9.17) is 4.74 Å². The first-order valence-corrected chi connectivity index (χ1v) is 7.39. The van der Waals surface area contributed by atoms with E-state index in [0.29, 0.717) is 13.0 Å². The van der Waals surface area contributed by atoms with Gasteiger partial charge in [0.25, 0.3) is 0 Å². The Labute approximate surface area is 126 Å². The third-order valence-corrected chi connectivity index (χ3v) is 3.52. The molecule has 1 aliphatic heterocycles. The summed E-state index contributed by atoms with van der Waals surface area (Å²) in [5, 5.41) is 0. The molecule has 0 saturated carbocycles. The molecule has 21 heavy (non-hydrogen) atoms. The van der Waals surface area contributed by atoms with Crippen LogP contribution < -0.4 is 0 Å². The fourth-order valence-electron chi connectivity index (χ4n) is 2.50. The Balaban J connectivity index is 1.98. The van der Waals surface area contributed by atoms with Gasteiger partial charge in [-0.25, -0.2) is 9.69 Å². The highest BCUT2D eigenvalue weighted by molar-refractivity contribution is 5.93. The standard InChI is InChI=1S/C17H23NO3/c1-17(2,3)11-15(19)18-14(12-21-16(18)20)10-9-13-7-5-4-6-8-13/h4-8,14H,9-12H2,1-3H3. The second-order valence-electron chi connectivity index (χ2n) is 6.76. The smallest absolute Gasteiger partial charge is 0.416 e. The number of aryl methyl sites for hydroxylation is 1. The number of nitrogens with zero attached hydrogens (tertiary/aromatic N) is 1. The van der Waals surface area contributed by atoms with Gasteiger partial charge in [-0.1, -0.05) is 51.1 Å². The van der Waals surface area contributed by atoms with Crippen LogP contribution in [0.2, 0.25) is 0 Å². The van der Waals surface area contributed by atoms with E-state index in [1.165, 1.54) is 10.5 Å². The van der Waals surface area contributed by atoms with E-state index in [2.05, 4.69) is 12.1 Å². The molecule has 0 N–H and O–H groups in total. The van der Waals surface area contributed by atoms with Crippen LogP contribution in [-0.4, -0.2) is 29.5 Å². The van der Waals surface area contributed by atoms with Gasteiger partial charge in [-0.2, -0.15) is 0 Å². The zero-order valence-electron chi connectivity index (χ0n) is 13.0. The molecule has 1 unspecified atom stereocenters. The summed E-state index contributed by atoms with van der Waals surface area (Å²) in [4.78, 5) is 25.4. The first-order valence-electron chi connectivity index (χ1n) is 7.39. The Kier molecular flexibility index (Phi) is 4.66. The molecule has 1 fully saturated rings. The minimum atomic E-state index is -0.498. The van der Waals surface area contributed by atoms with Gasteiger partial charge in [0, 0.05) is 6.42 Å². The molecule has 114 valence electrons. The first-order chi connectivity index (χ1) is 9.87. The minimum Gasteiger partial charge on any atom is -0.447 e. The number of cyclic esters (lactones) is 1. The largest absolute Gasteiger partial charge is 0.447 e. The molecule has 2 amide bonds. The van der Waals surface area contributed by atoms with Crippen molar-refractivity contribution in [3.05, 3.63) is 35.9 Å². The second-order valence-corrected chi connectivity index (χ2v) is 6.76. The van der Waals surface area contributed by atoms with E-state index in [0.717, 1.165) is 12.8 Å². The molecule has 1 aliphatic rings. The van der Waals surface area contributed by atoms with Crippen LogP contribution in [0.15, 0.2) is 30.3 Å². The lowest BCUT2D eigenvalue weighted by atomic mass is 9.91. The molecule has 0 radical (unpaired) electrons. The summed E-state index contributed by atoms with van der Waals surface area (Å²) in [6, 6.07) is 9.93. The molecule has 4 nitrogen and oxygen atoms in total. The molecule has 0 aromatic heterocycles. The van der Waals surface area contributed by atoms with Gasteiger partial charge in [0.2, 0.25) is 5.91 Å². The average molecular weight is 289 g/mol. The van der Waals surface area contributed by atoms with Crippen molar-refractivity contribution in [1.82, 2.24) is 4.90 Å². The fraction of sp³-hybridized carbons (Fsp3) is 0.529. The lowest BCUT2D eigenvalue weighted by Crippen LogP contribution is -2.40. The van der Waals surface area contributed by atoms with Crippen molar-refractivity contribution >= 4 is 12.0 Å². The Morgan fingerprint density at radius 3 is 2.57 bits per heavy atom. The Hall–Kier alpha value is -1.84. The Morgan fingerprint density at radius 2 is 1.95 bits per heavy atom. The summed E-state index contributed by atoms with van der Waals surface area (Å²) in [6.45, 7) is 6.28. The van der Waals surface area contributed by atoms with Crippen molar-refractivity contribution in [2.24, 2.45) is 5.41 Å². The maximum Gasteiger partial charge on any atom is 0.416 e. The predicted octanol–water partition coefficient (Wildman–Crippen LogP) is 3.40. The van der Waals surface area contributed by atoms with Gasteiger partial charge < -0.3 is 4.74 Å². The number of carbonyl (C=O) groups excluding carboxylic acids is 2. The van der Waals surface area contributed by atoms with E-state index in [1.807, 2.05) is 39.0 Å². The lowest BCUT2D eigenvalue weighted by Gasteiger charge is -2.24. The number of benzene rings is 1. The molecular weight excluding hydrogens is 266 g/mol. The highest BCUT2D eigenvalue weighted by Crippen LogP contribution is 2.24. The number of imide groups is 1. The monoisotopic (exact) mass is 289 g/mol. The molecule has 0 spiro atoms. The van der Waals surface area contributed by atoms with Crippen molar-refractivity contribution in [1.29, 1.82) is 0 Å². The molecule has 4 heteroatoms. The summed E-state index contributed by atoms with van der Waals surface area (Å²) in [5.74, 6) is -0.136. The number of rotatable bonds is 4. The van der Waals surface area contributed by atoms with E-state index >= 15 is 0 Å². The molecule has 1 aromatic rings. The van der Waals surface area contributed by atoms with E-state index < -0.39 is 6.09 Å². The van der Waals surface area contributed by atoms with E-state index in [9.17, 15) is 9.59 Å². The van der Waals surface area contributed by atoms with Gasteiger partial charge in [-0.3, -0.25) is 4.79 Å². The van der Waals surface area contributed by atoms with Crippen molar-refractivity contribution in [3.8, 4) is 0 Å². The minimum absolute atomic E-state index is 0.135. The van der Waals surface area contributed by atoms with Crippen molar-refractivity contribution in [3.63, 3.8) is 0 Å². The molecule has 1 heterocycles. The SMILES string of the molecule is CC(C)(C)CC(=O)N1C(=O)OCC1CCc1ccccc1. The third kappa shape index (κ3) is 4.31. The Bertz CT molecular complexity index is 505. The summed E-state index contributed by atoms with van der Waals surface area (Å²) in [7, 11) is 0. The van der Waals surface area contributed by atoms with Gasteiger partial charge in [-0.05, 0) is 23.8 Å². The second kappa shape index (κ2) is 6.29. The van der Waals surface area contributed by atoms with E-state index in [-0.39, 0.29) is 17.4 Å². The number of ether oxygens (including phenoxy) is 1.